The lowest BCUT2D eigenvalue weighted by atomic mass is 10.1. The van der Waals surface area contributed by atoms with Crippen molar-refractivity contribution in [2.24, 2.45) is 0 Å². The van der Waals surface area contributed by atoms with E-state index in [9.17, 15) is 15.0 Å². The highest BCUT2D eigenvalue weighted by molar-refractivity contribution is 9.09. The summed E-state index contributed by atoms with van der Waals surface area (Å²) in [5, 5.41) is 22.5. The molecule has 0 saturated carbocycles. The molecule has 0 aliphatic heterocycles. The topological polar surface area (TPSA) is 69.6 Å². The number of nitrogens with one attached hydrogen (secondary N) is 1. The Hall–Kier alpha value is -1.85. The summed E-state index contributed by atoms with van der Waals surface area (Å²) >= 11 is 3.39. The number of carbonyl (C=O) groups excluding carboxylic acids is 1. The molecule has 0 bridgehead atoms. The molecular weight excluding hydrogens is 346 g/mol. The van der Waals surface area contributed by atoms with Gasteiger partial charge in [-0.1, -0.05) is 58.4 Å². The maximum absolute atomic E-state index is 12.0. The van der Waals surface area contributed by atoms with Gasteiger partial charge in [-0.05, 0) is 24.1 Å². The van der Waals surface area contributed by atoms with Crippen molar-refractivity contribution in [2.45, 2.75) is 17.4 Å². The molecule has 0 heterocycles. The molecule has 2 unspecified atom stereocenters. The highest BCUT2D eigenvalue weighted by Gasteiger charge is 2.18. The van der Waals surface area contributed by atoms with Crippen LogP contribution in [-0.4, -0.2) is 33.6 Å². The lowest BCUT2D eigenvalue weighted by molar-refractivity contribution is 0.0943. The average molecular weight is 364 g/mol. The van der Waals surface area contributed by atoms with E-state index in [2.05, 4.69) is 21.2 Å². The third kappa shape index (κ3) is 4.58. The van der Waals surface area contributed by atoms with Gasteiger partial charge in [0.2, 0.25) is 0 Å². The van der Waals surface area contributed by atoms with Crippen molar-refractivity contribution >= 4 is 21.8 Å². The fourth-order valence-corrected chi connectivity index (χ4v) is 2.42. The molecular formula is C17H18BrNO3. The van der Waals surface area contributed by atoms with Gasteiger partial charge >= 0.3 is 0 Å². The summed E-state index contributed by atoms with van der Waals surface area (Å²) in [7, 11) is 0. The van der Waals surface area contributed by atoms with Gasteiger partial charge in [-0.25, -0.2) is 0 Å². The molecule has 0 saturated heterocycles. The second-order valence-corrected chi connectivity index (χ2v) is 6.18. The zero-order valence-electron chi connectivity index (χ0n) is 11.9. The molecule has 0 fully saturated rings. The summed E-state index contributed by atoms with van der Waals surface area (Å²) in [5.41, 5.74) is 1.26. The van der Waals surface area contributed by atoms with E-state index < -0.39 is 6.10 Å². The fraction of sp³-hybridized carbons (Fsp3) is 0.235. The number of aromatic hydroxyl groups is 1. The van der Waals surface area contributed by atoms with Crippen molar-refractivity contribution in [1.82, 2.24) is 5.32 Å². The molecule has 0 aromatic heterocycles. The largest absolute Gasteiger partial charge is 0.507 e. The van der Waals surface area contributed by atoms with E-state index in [0.717, 1.165) is 5.56 Å². The highest BCUT2D eigenvalue weighted by Crippen LogP contribution is 2.16. The Kier molecular flexibility index (Phi) is 5.98. The molecule has 2 aromatic carbocycles. The molecule has 0 spiro atoms. The van der Waals surface area contributed by atoms with Crippen molar-refractivity contribution in [3.05, 3.63) is 65.7 Å². The molecule has 1 amide bonds. The summed E-state index contributed by atoms with van der Waals surface area (Å²) in [5.74, 6) is -0.426. The van der Waals surface area contributed by atoms with Gasteiger partial charge in [0.1, 0.15) is 5.75 Å². The first-order chi connectivity index (χ1) is 10.6. The molecule has 0 radical (unpaired) electrons. The Bertz CT molecular complexity index is 618. The van der Waals surface area contributed by atoms with Crippen LogP contribution in [0.15, 0.2) is 54.6 Å². The van der Waals surface area contributed by atoms with Crippen LogP contribution in [0.3, 0.4) is 0 Å². The third-order valence-corrected chi connectivity index (χ3v) is 4.25. The molecule has 22 heavy (non-hydrogen) atoms. The first-order valence-corrected chi connectivity index (χ1v) is 7.91. The fourth-order valence-electron chi connectivity index (χ4n) is 2.07. The SMILES string of the molecule is O=C(NCC(Br)C(O)Cc1ccccc1)c1ccccc1O. The number of halogens is 1. The maximum atomic E-state index is 12.0. The van der Waals surface area contributed by atoms with Crippen molar-refractivity contribution in [3.8, 4) is 5.75 Å². The predicted molar refractivity (Wildman–Crippen MR) is 89.3 cm³/mol. The normalized spacial score (nSPS) is 13.4. The van der Waals surface area contributed by atoms with Gasteiger partial charge in [0, 0.05) is 6.54 Å². The molecule has 3 N–H and O–H groups in total. The Morgan fingerprint density at radius 3 is 2.41 bits per heavy atom. The molecule has 4 nitrogen and oxygen atoms in total. The van der Waals surface area contributed by atoms with Gasteiger partial charge in [-0.3, -0.25) is 4.79 Å². The number of phenols is 1. The average Bonchev–Trinajstić information content (AvgIpc) is 2.53. The first-order valence-electron chi connectivity index (χ1n) is 7.00. The van der Waals surface area contributed by atoms with Gasteiger partial charge in [0.25, 0.3) is 5.91 Å². The predicted octanol–water partition coefficient (Wildman–Crippen LogP) is 2.49. The van der Waals surface area contributed by atoms with Crippen molar-refractivity contribution in [1.29, 1.82) is 0 Å². The zero-order valence-corrected chi connectivity index (χ0v) is 13.5. The minimum Gasteiger partial charge on any atom is -0.507 e. The van der Waals surface area contributed by atoms with Crippen LogP contribution in [0, 0.1) is 0 Å². The Morgan fingerprint density at radius 2 is 1.73 bits per heavy atom. The van der Waals surface area contributed by atoms with Crippen LogP contribution in [0.4, 0.5) is 0 Å². The van der Waals surface area contributed by atoms with Crippen LogP contribution in [-0.2, 0) is 6.42 Å². The minimum absolute atomic E-state index is 0.0593. The number of benzene rings is 2. The van der Waals surface area contributed by atoms with Crippen LogP contribution in [0.5, 0.6) is 5.75 Å². The van der Waals surface area contributed by atoms with E-state index in [1.807, 2.05) is 30.3 Å². The number of rotatable bonds is 6. The quantitative estimate of drug-likeness (QED) is 0.690. The van der Waals surface area contributed by atoms with Gasteiger partial charge in [-0.2, -0.15) is 0 Å². The first kappa shape index (κ1) is 16.5. The summed E-state index contributed by atoms with van der Waals surface area (Å²) in [6.07, 6.45) is -0.115. The number of amides is 1. The number of aliphatic hydroxyl groups is 1. The number of para-hydroxylation sites is 1. The summed E-state index contributed by atoms with van der Waals surface area (Å²) in [6, 6.07) is 16.0. The second kappa shape index (κ2) is 7.96. The molecule has 2 atom stereocenters. The van der Waals surface area contributed by atoms with Crippen LogP contribution in [0.1, 0.15) is 15.9 Å². The van der Waals surface area contributed by atoms with E-state index in [1.165, 1.54) is 6.07 Å². The lowest BCUT2D eigenvalue weighted by Gasteiger charge is -2.18. The standard InChI is InChI=1S/C17H18BrNO3/c18-14(16(21)10-12-6-2-1-3-7-12)11-19-17(22)13-8-4-5-9-15(13)20/h1-9,14,16,20-21H,10-11H2,(H,19,22). The van der Waals surface area contributed by atoms with Gasteiger partial charge < -0.3 is 15.5 Å². The summed E-state index contributed by atoms with van der Waals surface area (Å²) in [4.78, 5) is 11.7. The molecule has 116 valence electrons. The number of alkyl halides is 1. The molecule has 2 rings (SSSR count). The monoisotopic (exact) mass is 363 g/mol. The van der Waals surface area contributed by atoms with Crippen LogP contribution >= 0.6 is 15.9 Å². The third-order valence-electron chi connectivity index (χ3n) is 3.31. The van der Waals surface area contributed by atoms with E-state index in [1.54, 1.807) is 18.2 Å². The smallest absolute Gasteiger partial charge is 0.255 e. The van der Waals surface area contributed by atoms with Gasteiger partial charge in [-0.15, -0.1) is 0 Å². The molecule has 5 heteroatoms. The lowest BCUT2D eigenvalue weighted by Crippen LogP contribution is -2.36. The van der Waals surface area contributed by atoms with Crippen LogP contribution in [0.25, 0.3) is 0 Å². The molecule has 2 aromatic rings. The Labute approximate surface area is 137 Å². The molecule has 0 aliphatic rings. The maximum Gasteiger partial charge on any atom is 0.255 e. The van der Waals surface area contributed by atoms with Crippen molar-refractivity contribution < 1.29 is 15.0 Å². The van der Waals surface area contributed by atoms with E-state index in [0.29, 0.717) is 6.42 Å². The highest BCUT2D eigenvalue weighted by atomic mass is 79.9. The second-order valence-electron chi connectivity index (χ2n) is 5.00. The Balaban J connectivity index is 1.85. The number of phenolic OH excluding ortho intramolecular Hbond substituents is 1. The number of hydrogen-bond acceptors (Lipinski definition) is 3. The van der Waals surface area contributed by atoms with Crippen molar-refractivity contribution in [2.75, 3.05) is 6.54 Å². The molecule has 0 aliphatic carbocycles. The van der Waals surface area contributed by atoms with E-state index in [-0.39, 0.29) is 28.6 Å². The number of hydrogen-bond donors (Lipinski definition) is 3. The van der Waals surface area contributed by atoms with Crippen molar-refractivity contribution in [3.63, 3.8) is 0 Å². The number of aliphatic hydroxyl groups excluding tert-OH is 1. The van der Waals surface area contributed by atoms with Crippen LogP contribution in [0.2, 0.25) is 0 Å². The zero-order chi connectivity index (χ0) is 15.9. The van der Waals surface area contributed by atoms with Gasteiger partial charge in [0.15, 0.2) is 0 Å². The Morgan fingerprint density at radius 1 is 1.09 bits per heavy atom. The van der Waals surface area contributed by atoms with E-state index in [4.69, 9.17) is 0 Å². The number of carbonyl (C=O) groups is 1. The minimum atomic E-state index is -0.618. The summed E-state index contributed by atoms with van der Waals surface area (Å²) < 4.78 is 0. The van der Waals surface area contributed by atoms with Crippen LogP contribution < -0.4 is 5.32 Å². The van der Waals surface area contributed by atoms with E-state index >= 15 is 0 Å². The van der Waals surface area contributed by atoms with Gasteiger partial charge in [0.05, 0.1) is 16.5 Å². The summed E-state index contributed by atoms with van der Waals surface area (Å²) in [6.45, 7) is 0.265.